The zero-order valence-corrected chi connectivity index (χ0v) is 11.1. The van der Waals surface area contributed by atoms with Gasteiger partial charge in [-0.05, 0) is 39.3 Å². The number of hydrogen-bond acceptors (Lipinski definition) is 2. The van der Waals surface area contributed by atoms with Gasteiger partial charge in [0.2, 0.25) is 0 Å². The molecule has 88 valence electrons. The molecule has 0 spiro atoms. The molecule has 1 fully saturated rings. The van der Waals surface area contributed by atoms with E-state index in [0.29, 0.717) is 4.99 Å². The lowest BCUT2D eigenvalue weighted by Gasteiger charge is -2.35. The molecular formula is C12H24N2S. The summed E-state index contributed by atoms with van der Waals surface area (Å²) in [6.45, 7) is 8.99. The molecule has 1 saturated heterocycles. The number of nitrogens with two attached hydrogens (primary N) is 1. The summed E-state index contributed by atoms with van der Waals surface area (Å²) in [5.74, 6) is 0. The van der Waals surface area contributed by atoms with Crippen molar-refractivity contribution in [1.29, 1.82) is 0 Å². The molecule has 0 aromatic rings. The predicted molar refractivity (Wildman–Crippen MR) is 70.1 cm³/mol. The molecule has 15 heavy (non-hydrogen) atoms. The Bertz CT molecular complexity index is 226. The third kappa shape index (κ3) is 3.72. The van der Waals surface area contributed by atoms with Crippen LogP contribution >= 0.6 is 12.2 Å². The maximum absolute atomic E-state index is 5.73. The molecular weight excluding hydrogens is 204 g/mol. The first kappa shape index (κ1) is 12.9. The molecule has 0 bridgehead atoms. The maximum atomic E-state index is 5.73. The van der Waals surface area contributed by atoms with Crippen molar-refractivity contribution in [3.8, 4) is 0 Å². The van der Waals surface area contributed by atoms with Gasteiger partial charge in [-0.25, -0.2) is 0 Å². The lowest BCUT2D eigenvalue weighted by atomic mass is 9.88. The fourth-order valence-corrected chi connectivity index (χ4v) is 2.14. The van der Waals surface area contributed by atoms with Crippen LogP contribution in [-0.2, 0) is 0 Å². The molecule has 0 aliphatic carbocycles. The van der Waals surface area contributed by atoms with E-state index in [0.717, 1.165) is 19.0 Å². The number of piperidine rings is 1. The van der Waals surface area contributed by atoms with Crippen LogP contribution in [-0.4, -0.2) is 29.0 Å². The van der Waals surface area contributed by atoms with E-state index in [2.05, 4.69) is 25.7 Å². The van der Waals surface area contributed by atoms with Crippen molar-refractivity contribution in [1.82, 2.24) is 4.90 Å². The average Bonchev–Trinajstić information content (AvgIpc) is 2.16. The predicted octanol–water partition coefficient (Wildman–Crippen LogP) is 2.56. The van der Waals surface area contributed by atoms with Crippen LogP contribution in [0.25, 0.3) is 0 Å². The molecule has 3 heteroatoms. The van der Waals surface area contributed by atoms with Gasteiger partial charge < -0.3 is 10.6 Å². The van der Waals surface area contributed by atoms with E-state index in [1.807, 2.05) is 0 Å². The summed E-state index contributed by atoms with van der Waals surface area (Å²) in [6, 6.07) is 0.737. The lowest BCUT2D eigenvalue weighted by Crippen LogP contribution is -2.41. The Morgan fingerprint density at radius 1 is 1.47 bits per heavy atom. The Labute approximate surface area is 99.2 Å². The minimum absolute atomic E-state index is 0.00645. The van der Waals surface area contributed by atoms with Crippen LogP contribution in [0.2, 0.25) is 0 Å². The van der Waals surface area contributed by atoms with Crippen LogP contribution in [0.3, 0.4) is 0 Å². The van der Waals surface area contributed by atoms with Crippen molar-refractivity contribution < 1.29 is 0 Å². The second-order valence-electron chi connectivity index (χ2n) is 5.38. The Morgan fingerprint density at radius 2 is 2.13 bits per heavy atom. The van der Waals surface area contributed by atoms with E-state index in [9.17, 15) is 0 Å². The van der Waals surface area contributed by atoms with Gasteiger partial charge in [0.1, 0.15) is 0 Å². The summed E-state index contributed by atoms with van der Waals surface area (Å²) in [7, 11) is 0. The molecule has 0 saturated carbocycles. The first-order valence-electron chi connectivity index (χ1n) is 5.97. The number of nitrogens with zero attached hydrogens (tertiary/aromatic N) is 1. The van der Waals surface area contributed by atoms with Crippen molar-refractivity contribution in [3.05, 3.63) is 0 Å². The molecule has 1 atom stereocenters. The SMILES string of the molecule is CC1CCCCN1CCC(C)(C)C(N)=S. The van der Waals surface area contributed by atoms with E-state index in [-0.39, 0.29) is 5.41 Å². The Balaban J connectivity index is 2.38. The Morgan fingerprint density at radius 3 is 2.67 bits per heavy atom. The van der Waals surface area contributed by atoms with Crippen molar-refractivity contribution in [2.24, 2.45) is 11.1 Å². The number of thiocarbonyl (C=S) groups is 1. The highest BCUT2D eigenvalue weighted by Gasteiger charge is 2.24. The van der Waals surface area contributed by atoms with Gasteiger partial charge in [0.25, 0.3) is 0 Å². The smallest absolute Gasteiger partial charge is 0.0784 e. The summed E-state index contributed by atoms with van der Waals surface area (Å²) in [5.41, 5.74) is 5.74. The van der Waals surface area contributed by atoms with Crippen LogP contribution in [0, 0.1) is 5.41 Å². The van der Waals surface area contributed by atoms with Gasteiger partial charge in [0.05, 0.1) is 4.99 Å². The maximum Gasteiger partial charge on any atom is 0.0784 e. The third-order valence-electron chi connectivity index (χ3n) is 3.63. The molecule has 1 heterocycles. The molecule has 1 unspecified atom stereocenters. The molecule has 1 aliphatic heterocycles. The minimum Gasteiger partial charge on any atom is -0.393 e. The zero-order valence-electron chi connectivity index (χ0n) is 10.3. The molecule has 1 aliphatic rings. The van der Waals surface area contributed by atoms with Gasteiger partial charge in [-0.2, -0.15) is 0 Å². The second kappa shape index (κ2) is 5.26. The normalized spacial score (nSPS) is 24.1. The zero-order chi connectivity index (χ0) is 11.5. The fraction of sp³-hybridized carbons (Fsp3) is 0.917. The van der Waals surface area contributed by atoms with Crippen molar-refractivity contribution in [2.75, 3.05) is 13.1 Å². The molecule has 2 nitrogen and oxygen atoms in total. The van der Waals surface area contributed by atoms with Gasteiger partial charge in [0, 0.05) is 11.5 Å². The van der Waals surface area contributed by atoms with E-state index in [1.165, 1.54) is 25.8 Å². The summed E-state index contributed by atoms with van der Waals surface area (Å²) >= 11 is 5.09. The van der Waals surface area contributed by atoms with Gasteiger partial charge >= 0.3 is 0 Å². The Hall–Kier alpha value is -0.150. The van der Waals surface area contributed by atoms with E-state index >= 15 is 0 Å². The molecule has 0 aromatic heterocycles. The monoisotopic (exact) mass is 228 g/mol. The van der Waals surface area contributed by atoms with Crippen LogP contribution in [0.15, 0.2) is 0 Å². The van der Waals surface area contributed by atoms with Crippen molar-refractivity contribution in [3.63, 3.8) is 0 Å². The molecule has 0 amide bonds. The first-order valence-corrected chi connectivity index (χ1v) is 6.38. The van der Waals surface area contributed by atoms with E-state index in [1.54, 1.807) is 0 Å². The summed E-state index contributed by atoms with van der Waals surface area (Å²) in [4.78, 5) is 3.22. The number of likely N-dealkylation sites (tertiary alicyclic amines) is 1. The van der Waals surface area contributed by atoms with Gasteiger partial charge in [-0.3, -0.25) is 0 Å². The van der Waals surface area contributed by atoms with Crippen LogP contribution in [0.5, 0.6) is 0 Å². The highest BCUT2D eigenvalue weighted by atomic mass is 32.1. The largest absolute Gasteiger partial charge is 0.393 e. The molecule has 0 radical (unpaired) electrons. The number of rotatable bonds is 4. The van der Waals surface area contributed by atoms with E-state index < -0.39 is 0 Å². The average molecular weight is 228 g/mol. The Kier molecular flexibility index (Phi) is 4.53. The highest BCUT2D eigenvalue weighted by molar-refractivity contribution is 7.80. The van der Waals surface area contributed by atoms with Crippen LogP contribution in [0.4, 0.5) is 0 Å². The van der Waals surface area contributed by atoms with E-state index in [4.69, 9.17) is 18.0 Å². The van der Waals surface area contributed by atoms with Crippen LogP contribution < -0.4 is 5.73 Å². The standard InChI is InChI=1S/C12H24N2S/c1-10-6-4-5-8-14(10)9-7-12(2,3)11(13)15/h10H,4-9H2,1-3H3,(H2,13,15). The fourth-order valence-electron chi connectivity index (χ4n) is 2.04. The van der Waals surface area contributed by atoms with Gasteiger partial charge in [-0.15, -0.1) is 0 Å². The first-order chi connectivity index (χ1) is 6.93. The summed E-state index contributed by atoms with van der Waals surface area (Å²) in [6.07, 6.45) is 5.15. The molecule has 1 rings (SSSR count). The van der Waals surface area contributed by atoms with Crippen molar-refractivity contribution >= 4 is 17.2 Å². The van der Waals surface area contributed by atoms with Gasteiger partial charge in [0.15, 0.2) is 0 Å². The van der Waals surface area contributed by atoms with Crippen LogP contribution in [0.1, 0.15) is 46.5 Å². The topological polar surface area (TPSA) is 29.3 Å². The number of hydrogen-bond donors (Lipinski definition) is 1. The van der Waals surface area contributed by atoms with Gasteiger partial charge in [-0.1, -0.05) is 32.5 Å². The lowest BCUT2D eigenvalue weighted by molar-refractivity contribution is 0.148. The molecule has 0 aromatic carbocycles. The highest BCUT2D eigenvalue weighted by Crippen LogP contribution is 2.24. The summed E-state index contributed by atoms with van der Waals surface area (Å²) in [5, 5.41) is 0. The molecule has 2 N–H and O–H groups in total. The second-order valence-corrected chi connectivity index (χ2v) is 5.82. The third-order valence-corrected chi connectivity index (χ3v) is 4.18. The summed E-state index contributed by atoms with van der Waals surface area (Å²) < 4.78 is 0. The van der Waals surface area contributed by atoms with Crippen molar-refractivity contribution in [2.45, 2.75) is 52.5 Å². The minimum atomic E-state index is 0.00645. The quantitative estimate of drug-likeness (QED) is 0.750.